The fourth-order valence-corrected chi connectivity index (χ4v) is 2.32. The zero-order valence-corrected chi connectivity index (χ0v) is 13.2. The van der Waals surface area contributed by atoms with Gasteiger partial charge in [0.2, 0.25) is 0 Å². The Morgan fingerprint density at radius 3 is 2.90 bits per heavy atom. The van der Waals surface area contributed by atoms with Crippen LogP contribution in [0.15, 0.2) is 35.2 Å². The Morgan fingerprint density at radius 2 is 2.19 bits per heavy atom. The normalized spacial score (nSPS) is 10.6. The minimum atomic E-state index is -0.159. The van der Waals surface area contributed by atoms with Gasteiger partial charge in [-0.3, -0.25) is 4.79 Å². The molecule has 21 heavy (non-hydrogen) atoms. The van der Waals surface area contributed by atoms with Crippen LogP contribution in [0.25, 0.3) is 0 Å². The summed E-state index contributed by atoms with van der Waals surface area (Å²) in [5.41, 5.74) is 3.08. The molecule has 2 aromatic rings. The predicted octanol–water partition coefficient (Wildman–Crippen LogP) is 3.50. The van der Waals surface area contributed by atoms with Gasteiger partial charge in [-0.15, -0.1) is 11.3 Å². The minimum absolute atomic E-state index is 0.159. The number of carbonyl (C=O) groups excluding carboxylic acids is 1. The number of hydrogen-bond donors (Lipinski definition) is 1. The second-order valence-corrected chi connectivity index (χ2v) is 5.91. The lowest BCUT2D eigenvalue weighted by molar-refractivity contribution is 0.0946. The molecule has 0 bridgehead atoms. The van der Waals surface area contributed by atoms with E-state index in [2.05, 4.69) is 24.1 Å². The monoisotopic (exact) mass is 304 g/mol. The van der Waals surface area contributed by atoms with E-state index < -0.39 is 0 Å². The van der Waals surface area contributed by atoms with Crippen LogP contribution in [0.2, 0.25) is 0 Å². The van der Waals surface area contributed by atoms with E-state index in [1.165, 1.54) is 11.3 Å². The maximum atomic E-state index is 11.9. The molecule has 0 unspecified atom stereocenters. The first-order valence-corrected chi connectivity index (χ1v) is 7.98. The second-order valence-electron chi connectivity index (χ2n) is 5.20. The molecule has 2 rings (SSSR count). The summed E-state index contributed by atoms with van der Waals surface area (Å²) in [6.45, 7) is 5.47. The number of rotatable bonds is 7. The largest absolute Gasteiger partial charge is 0.493 e. The van der Waals surface area contributed by atoms with Gasteiger partial charge in [0.05, 0.1) is 12.1 Å². The highest BCUT2D eigenvalue weighted by atomic mass is 32.1. The molecule has 0 aliphatic rings. The molecule has 0 fully saturated rings. The van der Waals surface area contributed by atoms with E-state index in [-0.39, 0.29) is 5.91 Å². The van der Waals surface area contributed by atoms with E-state index >= 15 is 0 Å². The lowest BCUT2D eigenvalue weighted by Crippen LogP contribution is -2.23. The summed E-state index contributed by atoms with van der Waals surface area (Å²) in [5, 5.41) is 4.60. The van der Waals surface area contributed by atoms with Crippen molar-refractivity contribution < 1.29 is 9.53 Å². The van der Waals surface area contributed by atoms with E-state index in [0.717, 1.165) is 17.7 Å². The molecule has 0 aliphatic carbocycles. The Morgan fingerprint density at radius 1 is 1.38 bits per heavy atom. The van der Waals surface area contributed by atoms with Crippen LogP contribution in [0.3, 0.4) is 0 Å². The van der Waals surface area contributed by atoms with Gasteiger partial charge in [0.15, 0.2) is 0 Å². The van der Waals surface area contributed by atoms with Crippen molar-refractivity contribution in [2.75, 3.05) is 6.61 Å². The van der Waals surface area contributed by atoms with Crippen molar-refractivity contribution in [2.24, 2.45) is 5.92 Å². The zero-order chi connectivity index (χ0) is 15.1. The topological polar surface area (TPSA) is 51.2 Å². The average Bonchev–Trinajstić information content (AvgIpc) is 3.00. The summed E-state index contributed by atoms with van der Waals surface area (Å²) in [4.78, 5) is 15.9. The van der Waals surface area contributed by atoms with Gasteiger partial charge in [0, 0.05) is 17.5 Å². The third kappa shape index (κ3) is 4.86. The number of amides is 1. The second kappa shape index (κ2) is 7.78. The number of thiazole rings is 1. The standard InChI is InChI=1S/C16H20N2O2S/c1-12(2)7-8-20-15-6-4-3-5-13(15)9-17-16(19)14-10-21-11-18-14/h3-6,10-12H,7-9H2,1-2H3,(H,17,19). The molecule has 112 valence electrons. The highest BCUT2D eigenvalue weighted by molar-refractivity contribution is 7.07. The molecule has 0 radical (unpaired) electrons. The summed E-state index contributed by atoms with van der Waals surface area (Å²) >= 11 is 1.41. The number of nitrogens with zero attached hydrogens (tertiary/aromatic N) is 1. The smallest absolute Gasteiger partial charge is 0.271 e. The molecular weight excluding hydrogens is 284 g/mol. The minimum Gasteiger partial charge on any atom is -0.493 e. The Balaban J connectivity index is 1.92. The van der Waals surface area contributed by atoms with Gasteiger partial charge in [0.1, 0.15) is 11.4 Å². The fraction of sp³-hybridized carbons (Fsp3) is 0.375. The quantitative estimate of drug-likeness (QED) is 0.852. The number of para-hydroxylation sites is 1. The lowest BCUT2D eigenvalue weighted by atomic mass is 10.1. The van der Waals surface area contributed by atoms with E-state index in [1.54, 1.807) is 10.9 Å². The molecule has 0 atom stereocenters. The van der Waals surface area contributed by atoms with Crippen LogP contribution in [-0.4, -0.2) is 17.5 Å². The number of ether oxygens (including phenoxy) is 1. The third-order valence-electron chi connectivity index (χ3n) is 3.03. The highest BCUT2D eigenvalue weighted by Crippen LogP contribution is 2.18. The first-order valence-electron chi connectivity index (χ1n) is 7.04. The summed E-state index contributed by atoms with van der Waals surface area (Å²) in [6.07, 6.45) is 1.01. The molecule has 1 aromatic carbocycles. The number of carbonyl (C=O) groups is 1. The number of hydrogen-bond acceptors (Lipinski definition) is 4. The Labute approximate surface area is 129 Å². The maximum Gasteiger partial charge on any atom is 0.271 e. The van der Waals surface area contributed by atoms with Crippen molar-refractivity contribution in [3.63, 3.8) is 0 Å². The van der Waals surface area contributed by atoms with Crippen LogP contribution in [0, 0.1) is 5.92 Å². The van der Waals surface area contributed by atoms with Crippen LogP contribution >= 0.6 is 11.3 Å². The van der Waals surface area contributed by atoms with E-state index in [0.29, 0.717) is 24.8 Å². The van der Waals surface area contributed by atoms with Crippen molar-refractivity contribution in [1.82, 2.24) is 10.3 Å². The average molecular weight is 304 g/mol. The van der Waals surface area contributed by atoms with E-state index in [4.69, 9.17) is 4.74 Å². The molecule has 0 spiro atoms. The van der Waals surface area contributed by atoms with Gasteiger partial charge in [-0.05, 0) is 18.4 Å². The van der Waals surface area contributed by atoms with Crippen LogP contribution < -0.4 is 10.1 Å². The molecule has 1 amide bonds. The molecule has 1 aromatic heterocycles. The summed E-state index contributed by atoms with van der Waals surface area (Å²) in [6, 6.07) is 7.78. The summed E-state index contributed by atoms with van der Waals surface area (Å²) in [5.74, 6) is 1.28. The first-order chi connectivity index (χ1) is 10.2. The third-order valence-corrected chi connectivity index (χ3v) is 3.62. The zero-order valence-electron chi connectivity index (χ0n) is 12.3. The van der Waals surface area contributed by atoms with Crippen molar-refractivity contribution in [1.29, 1.82) is 0 Å². The SMILES string of the molecule is CC(C)CCOc1ccccc1CNC(=O)c1cscn1. The molecule has 0 saturated heterocycles. The van der Waals surface area contributed by atoms with Crippen molar-refractivity contribution >= 4 is 17.2 Å². The highest BCUT2D eigenvalue weighted by Gasteiger charge is 2.09. The molecule has 5 heteroatoms. The molecule has 1 heterocycles. The molecule has 0 saturated carbocycles. The van der Waals surface area contributed by atoms with Gasteiger partial charge in [0.25, 0.3) is 5.91 Å². The number of benzene rings is 1. The van der Waals surface area contributed by atoms with Gasteiger partial charge in [-0.2, -0.15) is 0 Å². The van der Waals surface area contributed by atoms with E-state index in [9.17, 15) is 4.79 Å². The molecular formula is C16H20N2O2S. The number of nitrogens with one attached hydrogen (secondary N) is 1. The number of aromatic nitrogens is 1. The first kappa shape index (κ1) is 15.5. The Kier molecular flexibility index (Phi) is 5.75. The summed E-state index contributed by atoms with van der Waals surface area (Å²) in [7, 11) is 0. The van der Waals surface area contributed by atoms with Crippen LogP contribution in [0.1, 0.15) is 36.3 Å². The van der Waals surface area contributed by atoms with Gasteiger partial charge in [-0.1, -0.05) is 32.0 Å². The van der Waals surface area contributed by atoms with Crippen LogP contribution in [0.5, 0.6) is 5.75 Å². The van der Waals surface area contributed by atoms with Crippen LogP contribution in [-0.2, 0) is 6.54 Å². The van der Waals surface area contributed by atoms with Gasteiger partial charge in [-0.25, -0.2) is 4.98 Å². The lowest BCUT2D eigenvalue weighted by Gasteiger charge is -2.12. The molecule has 0 aliphatic heterocycles. The van der Waals surface area contributed by atoms with Gasteiger partial charge < -0.3 is 10.1 Å². The Hall–Kier alpha value is -1.88. The summed E-state index contributed by atoms with van der Waals surface area (Å²) < 4.78 is 5.81. The predicted molar refractivity (Wildman–Crippen MR) is 84.7 cm³/mol. The van der Waals surface area contributed by atoms with Crippen molar-refractivity contribution in [3.05, 3.63) is 46.4 Å². The maximum absolute atomic E-state index is 11.9. The molecule has 1 N–H and O–H groups in total. The fourth-order valence-electron chi connectivity index (χ4n) is 1.79. The van der Waals surface area contributed by atoms with Crippen molar-refractivity contribution in [3.8, 4) is 5.75 Å². The van der Waals surface area contributed by atoms with Gasteiger partial charge >= 0.3 is 0 Å². The van der Waals surface area contributed by atoms with Crippen molar-refractivity contribution in [2.45, 2.75) is 26.8 Å². The van der Waals surface area contributed by atoms with Crippen LogP contribution in [0.4, 0.5) is 0 Å². The molecule has 4 nitrogen and oxygen atoms in total. The van der Waals surface area contributed by atoms with E-state index in [1.807, 2.05) is 24.3 Å². The Bertz CT molecular complexity index is 567.